The molecule has 0 amide bonds. The van der Waals surface area contributed by atoms with Gasteiger partial charge in [0, 0.05) is 32.9 Å². The molecule has 0 spiro atoms. The van der Waals surface area contributed by atoms with Crippen LogP contribution in [0.3, 0.4) is 0 Å². The van der Waals surface area contributed by atoms with Crippen LogP contribution in [-0.4, -0.2) is 49.1 Å². The van der Waals surface area contributed by atoms with Crippen molar-refractivity contribution in [2.45, 2.75) is 26.3 Å². The minimum Gasteiger partial charge on any atom is -0.355 e. The fraction of sp³-hybridized carbons (Fsp3) is 0.625. The molecule has 5 heteroatoms. The van der Waals surface area contributed by atoms with E-state index in [4.69, 9.17) is 0 Å². The summed E-state index contributed by atoms with van der Waals surface area (Å²) in [4.78, 5) is 11.1. The smallest absolute Gasteiger partial charge is 0.191 e. The SMILES string of the molecule is CN=C(NCCN1CCCC(C)C1)NCc1ccccn1. The van der Waals surface area contributed by atoms with Crippen LogP contribution in [0.2, 0.25) is 0 Å². The van der Waals surface area contributed by atoms with Gasteiger partial charge >= 0.3 is 0 Å². The Kier molecular flexibility index (Phi) is 6.47. The van der Waals surface area contributed by atoms with E-state index in [1.807, 2.05) is 24.4 Å². The number of nitrogens with zero attached hydrogens (tertiary/aromatic N) is 3. The summed E-state index contributed by atoms with van der Waals surface area (Å²) in [7, 11) is 1.80. The maximum atomic E-state index is 4.29. The zero-order valence-electron chi connectivity index (χ0n) is 13.2. The second kappa shape index (κ2) is 8.62. The molecule has 5 nitrogen and oxygen atoms in total. The van der Waals surface area contributed by atoms with Gasteiger partial charge in [-0.15, -0.1) is 0 Å². The monoisotopic (exact) mass is 289 g/mol. The molecule has 0 aromatic carbocycles. The predicted molar refractivity (Wildman–Crippen MR) is 87.3 cm³/mol. The van der Waals surface area contributed by atoms with Gasteiger partial charge in [0.2, 0.25) is 0 Å². The minimum absolute atomic E-state index is 0.696. The number of aliphatic imine (C=N–C) groups is 1. The van der Waals surface area contributed by atoms with E-state index in [1.165, 1.54) is 25.9 Å². The van der Waals surface area contributed by atoms with Gasteiger partial charge < -0.3 is 15.5 Å². The molecule has 0 radical (unpaired) electrons. The van der Waals surface area contributed by atoms with Gasteiger partial charge in [0.05, 0.1) is 12.2 Å². The predicted octanol–water partition coefficient (Wildman–Crippen LogP) is 1.48. The molecule has 1 aromatic heterocycles. The molecule has 1 aliphatic rings. The number of piperidine rings is 1. The van der Waals surface area contributed by atoms with Gasteiger partial charge in [0.1, 0.15) is 0 Å². The highest BCUT2D eigenvalue weighted by molar-refractivity contribution is 5.79. The number of aromatic nitrogens is 1. The first-order valence-electron chi connectivity index (χ1n) is 7.84. The Labute approximate surface area is 127 Å². The highest BCUT2D eigenvalue weighted by atomic mass is 15.2. The summed E-state index contributed by atoms with van der Waals surface area (Å²) in [5, 5.41) is 6.66. The van der Waals surface area contributed by atoms with Crippen molar-refractivity contribution in [3.05, 3.63) is 30.1 Å². The van der Waals surface area contributed by atoms with E-state index in [2.05, 4.69) is 32.4 Å². The molecule has 1 aliphatic heterocycles. The Hall–Kier alpha value is -1.62. The van der Waals surface area contributed by atoms with E-state index in [9.17, 15) is 0 Å². The fourth-order valence-corrected chi connectivity index (χ4v) is 2.72. The quantitative estimate of drug-likeness (QED) is 0.637. The number of likely N-dealkylation sites (tertiary alicyclic amines) is 1. The highest BCUT2D eigenvalue weighted by Gasteiger charge is 2.15. The van der Waals surface area contributed by atoms with Crippen molar-refractivity contribution in [2.24, 2.45) is 10.9 Å². The van der Waals surface area contributed by atoms with E-state index in [1.54, 1.807) is 7.05 Å². The van der Waals surface area contributed by atoms with Crippen molar-refractivity contribution in [2.75, 3.05) is 33.2 Å². The third-order valence-electron chi connectivity index (χ3n) is 3.85. The molecule has 1 saturated heterocycles. The maximum Gasteiger partial charge on any atom is 0.191 e. The molecule has 1 atom stereocenters. The number of pyridine rings is 1. The number of hydrogen-bond donors (Lipinski definition) is 2. The lowest BCUT2D eigenvalue weighted by molar-refractivity contribution is 0.187. The second-order valence-corrected chi connectivity index (χ2v) is 5.72. The van der Waals surface area contributed by atoms with Crippen LogP contribution in [0.1, 0.15) is 25.5 Å². The summed E-state index contributed by atoms with van der Waals surface area (Å²) in [6.07, 6.45) is 4.51. The summed E-state index contributed by atoms with van der Waals surface area (Å²) in [6.45, 7) is 7.49. The third-order valence-corrected chi connectivity index (χ3v) is 3.85. The van der Waals surface area contributed by atoms with Crippen molar-refractivity contribution in [1.82, 2.24) is 20.5 Å². The summed E-state index contributed by atoms with van der Waals surface area (Å²) >= 11 is 0. The number of rotatable bonds is 5. The lowest BCUT2D eigenvalue weighted by Crippen LogP contribution is -2.43. The molecule has 1 aromatic rings. The number of hydrogen-bond acceptors (Lipinski definition) is 3. The average Bonchev–Trinajstić information content (AvgIpc) is 2.52. The van der Waals surface area contributed by atoms with Crippen LogP contribution in [0.4, 0.5) is 0 Å². The number of nitrogens with one attached hydrogen (secondary N) is 2. The molecule has 0 saturated carbocycles. The second-order valence-electron chi connectivity index (χ2n) is 5.72. The number of guanidine groups is 1. The molecule has 2 heterocycles. The van der Waals surface area contributed by atoms with Crippen LogP contribution in [-0.2, 0) is 6.54 Å². The van der Waals surface area contributed by atoms with Crippen molar-refractivity contribution in [3.8, 4) is 0 Å². The molecule has 21 heavy (non-hydrogen) atoms. The maximum absolute atomic E-state index is 4.29. The van der Waals surface area contributed by atoms with Gasteiger partial charge in [-0.05, 0) is 37.4 Å². The molecule has 0 aliphatic carbocycles. The summed E-state index contributed by atoms with van der Waals surface area (Å²) in [5.41, 5.74) is 1.02. The lowest BCUT2D eigenvalue weighted by Gasteiger charge is -2.30. The molecule has 2 N–H and O–H groups in total. The Morgan fingerprint density at radius 3 is 3.05 bits per heavy atom. The minimum atomic E-state index is 0.696. The van der Waals surface area contributed by atoms with Gasteiger partial charge in [0.25, 0.3) is 0 Å². The van der Waals surface area contributed by atoms with Crippen LogP contribution in [0.15, 0.2) is 29.4 Å². The van der Waals surface area contributed by atoms with Gasteiger partial charge in [0.15, 0.2) is 5.96 Å². The van der Waals surface area contributed by atoms with Crippen molar-refractivity contribution < 1.29 is 0 Å². The molecule has 1 fully saturated rings. The molecular weight excluding hydrogens is 262 g/mol. The van der Waals surface area contributed by atoms with E-state index in [-0.39, 0.29) is 0 Å². The average molecular weight is 289 g/mol. The molecule has 0 bridgehead atoms. The standard InChI is InChI=1S/C16H27N5/c1-14-6-5-10-21(13-14)11-9-19-16(17-2)20-12-15-7-3-4-8-18-15/h3-4,7-8,14H,5-6,9-13H2,1-2H3,(H2,17,19,20). The van der Waals surface area contributed by atoms with Crippen LogP contribution in [0, 0.1) is 5.92 Å². The van der Waals surface area contributed by atoms with Crippen molar-refractivity contribution >= 4 is 5.96 Å². The lowest BCUT2D eigenvalue weighted by atomic mass is 10.0. The van der Waals surface area contributed by atoms with E-state index >= 15 is 0 Å². The van der Waals surface area contributed by atoms with Gasteiger partial charge in [-0.2, -0.15) is 0 Å². The Morgan fingerprint density at radius 1 is 1.43 bits per heavy atom. The third kappa shape index (κ3) is 5.71. The van der Waals surface area contributed by atoms with Crippen LogP contribution < -0.4 is 10.6 Å². The highest BCUT2D eigenvalue weighted by Crippen LogP contribution is 2.14. The first-order chi connectivity index (χ1) is 10.3. The largest absolute Gasteiger partial charge is 0.355 e. The van der Waals surface area contributed by atoms with Gasteiger partial charge in [-0.3, -0.25) is 9.98 Å². The first kappa shape index (κ1) is 15.8. The first-order valence-corrected chi connectivity index (χ1v) is 7.84. The van der Waals surface area contributed by atoms with E-state index in [0.717, 1.165) is 30.7 Å². The van der Waals surface area contributed by atoms with Gasteiger partial charge in [-0.1, -0.05) is 13.0 Å². The van der Waals surface area contributed by atoms with Crippen molar-refractivity contribution in [3.63, 3.8) is 0 Å². The normalized spacial score (nSPS) is 20.3. The van der Waals surface area contributed by atoms with Crippen LogP contribution in [0.5, 0.6) is 0 Å². The molecular formula is C16H27N5. The topological polar surface area (TPSA) is 52.6 Å². The molecule has 2 rings (SSSR count). The summed E-state index contributed by atoms with van der Waals surface area (Å²) < 4.78 is 0. The Balaban J connectivity index is 1.66. The van der Waals surface area contributed by atoms with E-state index < -0.39 is 0 Å². The van der Waals surface area contributed by atoms with Gasteiger partial charge in [-0.25, -0.2) is 0 Å². The Bertz CT molecular complexity index is 432. The summed E-state index contributed by atoms with van der Waals surface area (Å²) in [5.74, 6) is 1.67. The van der Waals surface area contributed by atoms with Crippen LogP contribution >= 0.6 is 0 Å². The van der Waals surface area contributed by atoms with Crippen molar-refractivity contribution in [1.29, 1.82) is 0 Å². The Morgan fingerprint density at radius 2 is 2.33 bits per heavy atom. The summed E-state index contributed by atoms with van der Waals surface area (Å²) in [6, 6.07) is 5.93. The molecule has 116 valence electrons. The molecule has 1 unspecified atom stereocenters. The fourth-order valence-electron chi connectivity index (χ4n) is 2.72. The van der Waals surface area contributed by atoms with E-state index in [0.29, 0.717) is 6.54 Å². The zero-order chi connectivity index (χ0) is 14.9. The zero-order valence-corrected chi connectivity index (χ0v) is 13.2. The van der Waals surface area contributed by atoms with Crippen LogP contribution in [0.25, 0.3) is 0 Å².